The van der Waals surface area contributed by atoms with E-state index < -0.39 is 0 Å². The van der Waals surface area contributed by atoms with Crippen LogP contribution in [0.1, 0.15) is 18.1 Å². The highest BCUT2D eigenvalue weighted by molar-refractivity contribution is 5.81. The first-order valence-electron chi connectivity index (χ1n) is 5.56. The Balaban J connectivity index is 2.12. The molecular weight excluding hydrogens is 194 g/mol. The molecule has 0 fully saturated rings. The number of aliphatic imine (C=N–C) groups is 1. The molecule has 0 spiro atoms. The van der Waals surface area contributed by atoms with Crippen LogP contribution in [0.5, 0.6) is 0 Å². The normalized spacial score (nSPS) is 10.8. The standard InChI is InChI=1S/C15H15N/c1-2-13-8-10-15(11-9-13)16-12-14-6-4-3-5-7-14/h3-12H,2H2,1H3. The van der Waals surface area contributed by atoms with Crippen LogP contribution in [-0.2, 0) is 6.42 Å². The van der Waals surface area contributed by atoms with Gasteiger partial charge in [0.15, 0.2) is 0 Å². The Hall–Kier alpha value is -1.89. The zero-order chi connectivity index (χ0) is 11.2. The van der Waals surface area contributed by atoms with Gasteiger partial charge in [-0.1, -0.05) is 49.4 Å². The Morgan fingerprint density at radius 3 is 2.25 bits per heavy atom. The third-order valence-electron chi connectivity index (χ3n) is 2.51. The van der Waals surface area contributed by atoms with Crippen molar-refractivity contribution in [3.63, 3.8) is 0 Å². The summed E-state index contributed by atoms with van der Waals surface area (Å²) in [4.78, 5) is 4.43. The molecule has 0 heterocycles. The maximum atomic E-state index is 4.43. The molecule has 2 aromatic carbocycles. The van der Waals surface area contributed by atoms with Crippen LogP contribution in [0.25, 0.3) is 0 Å². The minimum Gasteiger partial charge on any atom is -0.256 e. The van der Waals surface area contributed by atoms with Gasteiger partial charge in [0.25, 0.3) is 0 Å². The number of hydrogen-bond acceptors (Lipinski definition) is 1. The maximum absolute atomic E-state index is 4.43. The van der Waals surface area contributed by atoms with E-state index in [1.54, 1.807) is 0 Å². The summed E-state index contributed by atoms with van der Waals surface area (Å²) >= 11 is 0. The van der Waals surface area contributed by atoms with Crippen molar-refractivity contribution in [1.29, 1.82) is 0 Å². The molecule has 0 radical (unpaired) electrons. The second kappa shape index (κ2) is 5.26. The molecule has 1 heteroatoms. The van der Waals surface area contributed by atoms with Crippen LogP contribution < -0.4 is 0 Å². The average molecular weight is 209 g/mol. The molecule has 0 N–H and O–H groups in total. The number of nitrogens with zero attached hydrogens (tertiary/aromatic N) is 1. The number of hydrogen-bond donors (Lipinski definition) is 0. The Kier molecular flexibility index (Phi) is 3.50. The summed E-state index contributed by atoms with van der Waals surface area (Å²) in [5, 5.41) is 0. The number of benzene rings is 2. The average Bonchev–Trinajstić information content (AvgIpc) is 2.38. The Morgan fingerprint density at radius 2 is 1.62 bits per heavy atom. The van der Waals surface area contributed by atoms with E-state index in [9.17, 15) is 0 Å². The Labute approximate surface area is 96.5 Å². The molecule has 0 atom stereocenters. The van der Waals surface area contributed by atoms with Crippen LogP contribution in [0.4, 0.5) is 5.69 Å². The lowest BCUT2D eigenvalue weighted by molar-refractivity contribution is 1.14. The lowest BCUT2D eigenvalue weighted by Gasteiger charge is -1.97. The SMILES string of the molecule is CCc1ccc(N=Cc2ccccc2)cc1. The fraction of sp³-hybridized carbons (Fsp3) is 0.133. The van der Waals surface area contributed by atoms with E-state index in [1.807, 2.05) is 36.5 Å². The van der Waals surface area contributed by atoms with Crippen LogP contribution in [0.15, 0.2) is 59.6 Å². The van der Waals surface area contributed by atoms with Gasteiger partial charge in [-0.05, 0) is 29.7 Å². The highest BCUT2D eigenvalue weighted by Crippen LogP contribution is 2.13. The van der Waals surface area contributed by atoms with Crippen molar-refractivity contribution in [2.45, 2.75) is 13.3 Å². The van der Waals surface area contributed by atoms with Gasteiger partial charge < -0.3 is 0 Å². The second-order valence-corrected chi connectivity index (χ2v) is 3.69. The summed E-state index contributed by atoms with van der Waals surface area (Å²) in [6.45, 7) is 2.16. The third-order valence-corrected chi connectivity index (χ3v) is 2.51. The van der Waals surface area contributed by atoms with Gasteiger partial charge in [0.05, 0.1) is 5.69 Å². The summed E-state index contributed by atoms with van der Waals surface area (Å²) in [5.41, 5.74) is 3.47. The van der Waals surface area contributed by atoms with Crippen molar-refractivity contribution >= 4 is 11.9 Å². The van der Waals surface area contributed by atoms with Crippen LogP contribution in [-0.4, -0.2) is 6.21 Å². The van der Waals surface area contributed by atoms with Crippen molar-refractivity contribution in [2.75, 3.05) is 0 Å². The molecule has 0 aliphatic rings. The van der Waals surface area contributed by atoms with Crippen LogP contribution in [0.2, 0.25) is 0 Å². The van der Waals surface area contributed by atoms with Gasteiger partial charge in [-0.25, -0.2) is 0 Å². The van der Waals surface area contributed by atoms with Crippen molar-refractivity contribution in [1.82, 2.24) is 0 Å². The van der Waals surface area contributed by atoms with E-state index in [1.165, 1.54) is 5.56 Å². The van der Waals surface area contributed by atoms with E-state index in [-0.39, 0.29) is 0 Å². The fourth-order valence-corrected chi connectivity index (χ4v) is 1.51. The first-order valence-corrected chi connectivity index (χ1v) is 5.56. The van der Waals surface area contributed by atoms with Gasteiger partial charge in [-0.2, -0.15) is 0 Å². The maximum Gasteiger partial charge on any atom is 0.0630 e. The summed E-state index contributed by atoms with van der Waals surface area (Å²) in [7, 11) is 0. The van der Waals surface area contributed by atoms with Crippen molar-refractivity contribution in [3.05, 3.63) is 65.7 Å². The predicted molar refractivity (Wildman–Crippen MR) is 69.5 cm³/mol. The third kappa shape index (κ3) is 2.80. The Bertz CT molecular complexity index is 455. The van der Waals surface area contributed by atoms with E-state index in [0.29, 0.717) is 0 Å². The van der Waals surface area contributed by atoms with Gasteiger partial charge in [0.2, 0.25) is 0 Å². The van der Waals surface area contributed by atoms with Crippen LogP contribution in [0, 0.1) is 0 Å². The quantitative estimate of drug-likeness (QED) is 0.677. The molecule has 0 aliphatic heterocycles. The highest BCUT2D eigenvalue weighted by Gasteiger charge is 1.90. The van der Waals surface area contributed by atoms with E-state index in [4.69, 9.17) is 0 Å². The van der Waals surface area contributed by atoms with Crippen molar-refractivity contribution in [3.8, 4) is 0 Å². The summed E-state index contributed by atoms with van der Waals surface area (Å²) < 4.78 is 0. The van der Waals surface area contributed by atoms with Gasteiger partial charge in [0.1, 0.15) is 0 Å². The van der Waals surface area contributed by atoms with Crippen molar-refractivity contribution < 1.29 is 0 Å². The van der Waals surface area contributed by atoms with E-state index in [0.717, 1.165) is 17.7 Å². The summed E-state index contributed by atoms with van der Waals surface area (Å²) in [5.74, 6) is 0. The molecule has 2 rings (SSSR count). The lowest BCUT2D eigenvalue weighted by atomic mass is 10.1. The molecule has 0 bridgehead atoms. The minimum atomic E-state index is 1.00. The second-order valence-electron chi connectivity index (χ2n) is 3.69. The molecule has 1 nitrogen and oxygen atoms in total. The molecule has 16 heavy (non-hydrogen) atoms. The van der Waals surface area contributed by atoms with E-state index in [2.05, 4.69) is 36.2 Å². The molecule has 0 unspecified atom stereocenters. The molecule has 2 aromatic rings. The summed E-state index contributed by atoms with van der Waals surface area (Å²) in [6.07, 6.45) is 2.96. The van der Waals surface area contributed by atoms with Gasteiger partial charge >= 0.3 is 0 Å². The lowest BCUT2D eigenvalue weighted by Crippen LogP contribution is -1.79. The summed E-state index contributed by atoms with van der Waals surface area (Å²) in [6, 6.07) is 18.5. The monoisotopic (exact) mass is 209 g/mol. The fourth-order valence-electron chi connectivity index (χ4n) is 1.51. The minimum absolute atomic E-state index is 1.00. The topological polar surface area (TPSA) is 12.4 Å². The van der Waals surface area contributed by atoms with Gasteiger partial charge in [-0.3, -0.25) is 4.99 Å². The largest absolute Gasteiger partial charge is 0.256 e. The number of aryl methyl sites for hydroxylation is 1. The van der Waals surface area contributed by atoms with Gasteiger partial charge in [0, 0.05) is 6.21 Å². The molecule has 0 saturated heterocycles. The Morgan fingerprint density at radius 1 is 0.938 bits per heavy atom. The molecule has 0 saturated carbocycles. The molecule has 0 aromatic heterocycles. The molecule has 0 amide bonds. The number of rotatable bonds is 3. The molecular formula is C15H15N. The van der Waals surface area contributed by atoms with E-state index >= 15 is 0 Å². The van der Waals surface area contributed by atoms with Gasteiger partial charge in [-0.15, -0.1) is 0 Å². The van der Waals surface area contributed by atoms with Crippen LogP contribution in [0.3, 0.4) is 0 Å². The molecule has 0 aliphatic carbocycles. The highest BCUT2D eigenvalue weighted by atomic mass is 14.7. The smallest absolute Gasteiger partial charge is 0.0630 e. The zero-order valence-corrected chi connectivity index (χ0v) is 9.43. The first-order chi connectivity index (χ1) is 7.88. The first kappa shape index (κ1) is 10.6. The van der Waals surface area contributed by atoms with Crippen molar-refractivity contribution in [2.24, 2.45) is 4.99 Å². The predicted octanol–water partition coefficient (Wildman–Crippen LogP) is 4.00. The zero-order valence-electron chi connectivity index (χ0n) is 9.43. The molecule has 80 valence electrons. The van der Waals surface area contributed by atoms with Crippen LogP contribution >= 0.6 is 0 Å².